The van der Waals surface area contributed by atoms with Crippen LogP contribution in [0.4, 0.5) is 0 Å². The van der Waals surface area contributed by atoms with Crippen LogP contribution in [-0.4, -0.2) is 48.9 Å². The van der Waals surface area contributed by atoms with Gasteiger partial charge in [-0.1, -0.05) is 26.2 Å². The topological polar surface area (TPSA) is 74.3 Å². The number of fused-ring (bicyclic) bond motifs is 1. The van der Waals surface area contributed by atoms with Gasteiger partial charge in [0, 0.05) is 33.7 Å². The lowest BCUT2D eigenvalue weighted by Crippen LogP contribution is -2.45. The number of rotatable bonds is 7. The maximum absolute atomic E-state index is 12.9. The lowest BCUT2D eigenvalue weighted by molar-refractivity contribution is -0.0712. The van der Waals surface area contributed by atoms with Gasteiger partial charge in [0.25, 0.3) is 5.56 Å². The summed E-state index contributed by atoms with van der Waals surface area (Å²) in [7, 11) is 3.21. The molecule has 3 heterocycles. The zero-order valence-electron chi connectivity index (χ0n) is 17.8. The van der Waals surface area contributed by atoms with Crippen LogP contribution in [0.15, 0.2) is 9.59 Å². The summed E-state index contributed by atoms with van der Waals surface area (Å²) in [5.41, 5.74) is 0.405. The van der Waals surface area contributed by atoms with E-state index in [-0.39, 0.29) is 23.5 Å². The van der Waals surface area contributed by atoms with Crippen molar-refractivity contribution in [2.75, 3.05) is 13.1 Å². The Labute approximate surface area is 165 Å². The Morgan fingerprint density at radius 3 is 2.36 bits per heavy atom. The van der Waals surface area contributed by atoms with Gasteiger partial charge in [-0.05, 0) is 20.3 Å². The standard InChI is InChI=1S/C20H33N5O3/c1-6-7-8-9-10-25-16(13-24-11-14(2)28-15(3)12-24)21-18-17(25)19(26)23(5)20(27)22(18)4/h14-15H,6-13H2,1-5H3. The SMILES string of the molecule is CCCCCCn1c(CN2CC(C)OC(C)C2)nc2c1c(=O)n(C)c(=O)n2C. The van der Waals surface area contributed by atoms with Crippen molar-refractivity contribution in [2.45, 2.75) is 71.8 Å². The number of nitrogens with zero attached hydrogens (tertiary/aromatic N) is 5. The van der Waals surface area contributed by atoms with E-state index in [1.54, 1.807) is 7.05 Å². The van der Waals surface area contributed by atoms with Gasteiger partial charge in [-0.3, -0.25) is 18.8 Å². The van der Waals surface area contributed by atoms with Crippen LogP contribution in [0.1, 0.15) is 52.3 Å². The highest BCUT2D eigenvalue weighted by atomic mass is 16.5. The summed E-state index contributed by atoms with van der Waals surface area (Å²) in [4.78, 5) is 32.3. The molecule has 0 amide bonds. The van der Waals surface area contributed by atoms with E-state index in [0.29, 0.717) is 17.7 Å². The normalized spacial score (nSPS) is 20.9. The average Bonchev–Trinajstić information content (AvgIpc) is 2.99. The molecule has 3 rings (SSSR count). The van der Waals surface area contributed by atoms with Gasteiger partial charge in [-0.2, -0.15) is 0 Å². The molecule has 2 aromatic rings. The molecule has 0 saturated carbocycles. The number of hydrogen-bond donors (Lipinski definition) is 0. The Bertz CT molecular complexity index is 932. The minimum Gasteiger partial charge on any atom is -0.373 e. The van der Waals surface area contributed by atoms with E-state index in [1.807, 2.05) is 4.57 Å². The molecule has 1 aliphatic rings. The summed E-state index contributed by atoms with van der Waals surface area (Å²) >= 11 is 0. The predicted octanol–water partition coefficient (Wildman–Crippen LogP) is 1.62. The molecular formula is C20H33N5O3. The maximum Gasteiger partial charge on any atom is 0.332 e. The van der Waals surface area contributed by atoms with Gasteiger partial charge in [0.05, 0.1) is 18.8 Å². The number of aromatic nitrogens is 4. The van der Waals surface area contributed by atoms with Crippen LogP contribution in [0.2, 0.25) is 0 Å². The van der Waals surface area contributed by atoms with Crippen molar-refractivity contribution in [3.63, 3.8) is 0 Å². The van der Waals surface area contributed by atoms with Crippen LogP contribution < -0.4 is 11.2 Å². The number of unbranched alkanes of at least 4 members (excludes halogenated alkanes) is 3. The molecule has 2 unspecified atom stereocenters. The molecule has 0 aliphatic carbocycles. The third kappa shape index (κ3) is 4.07. The predicted molar refractivity (Wildman–Crippen MR) is 110 cm³/mol. The summed E-state index contributed by atoms with van der Waals surface area (Å²) in [6.45, 7) is 9.41. The molecule has 1 saturated heterocycles. The Hall–Kier alpha value is -1.93. The fourth-order valence-corrected chi connectivity index (χ4v) is 4.16. The first-order valence-electron chi connectivity index (χ1n) is 10.4. The van der Waals surface area contributed by atoms with Gasteiger partial charge < -0.3 is 9.30 Å². The van der Waals surface area contributed by atoms with E-state index in [9.17, 15) is 9.59 Å². The first kappa shape index (κ1) is 20.8. The summed E-state index contributed by atoms with van der Waals surface area (Å²) in [6.07, 6.45) is 4.79. The summed E-state index contributed by atoms with van der Waals surface area (Å²) in [5, 5.41) is 0. The van der Waals surface area contributed by atoms with Crippen LogP contribution in [0.25, 0.3) is 11.2 Å². The third-order valence-corrected chi connectivity index (χ3v) is 5.52. The fraction of sp³-hybridized carbons (Fsp3) is 0.750. The first-order chi connectivity index (χ1) is 13.3. The van der Waals surface area contributed by atoms with E-state index in [2.05, 4.69) is 25.7 Å². The van der Waals surface area contributed by atoms with E-state index in [4.69, 9.17) is 9.72 Å². The smallest absolute Gasteiger partial charge is 0.332 e. The van der Waals surface area contributed by atoms with E-state index in [1.165, 1.54) is 22.6 Å². The van der Waals surface area contributed by atoms with Gasteiger partial charge in [0.2, 0.25) is 0 Å². The Balaban J connectivity index is 2.02. The van der Waals surface area contributed by atoms with Crippen molar-refractivity contribution >= 4 is 11.2 Å². The Kier molecular flexibility index (Phi) is 6.40. The number of morpholine rings is 1. The number of aryl methyl sites for hydroxylation is 2. The van der Waals surface area contributed by atoms with Gasteiger partial charge in [-0.25, -0.2) is 9.78 Å². The molecule has 8 heteroatoms. The lowest BCUT2D eigenvalue weighted by Gasteiger charge is -2.35. The summed E-state index contributed by atoms with van der Waals surface area (Å²) < 4.78 is 10.5. The van der Waals surface area contributed by atoms with E-state index in [0.717, 1.165) is 44.7 Å². The molecule has 2 aromatic heterocycles. The van der Waals surface area contributed by atoms with E-state index >= 15 is 0 Å². The molecule has 0 aromatic carbocycles. The minimum absolute atomic E-state index is 0.170. The molecule has 1 aliphatic heterocycles. The Morgan fingerprint density at radius 2 is 1.71 bits per heavy atom. The molecule has 28 heavy (non-hydrogen) atoms. The van der Waals surface area contributed by atoms with Crippen LogP contribution in [0, 0.1) is 0 Å². The van der Waals surface area contributed by atoms with Gasteiger partial charge in [-0.15, -0.1) is 0 Å². The van der Waals surface area contributed by atoms with Crippen molar-refractivity contribution in [3.05, 3.63) is 26.7 Å². The number of imidazole rings is 1. The van der Waals surface area contributed by atoms with Crippen LogP contribution in [-0.2, 0) is 31.9 Å². The van der Waals surface area contributed by atoms with Crippen molar-refractivity contribution in [2.24, 2.45) is 14.1 Å². The highest BCUT2D eigenvalue weighted by molar-refractivity contribution is 5.71. The second-order valence-electron chi connectivity index (χ2n) is 8.07. The Morgan fingerprint density at radius 1 is 1.04 bits per heavy atom. The lowest BCUT2D eigenvalue weighted by atomic mass is 10.2. The molecule has 8 nitrogen and oxygen atoms in total. The zero-order valence-corrected chi connectivity index (χ0v) is 17.8. The van der Waals surface area contributed by atoms with Crippen LogP contribution in [0.3, 0.4) is 0 Å². The molecule has 156 valence electrons. The average molecular weight is 392 g/mol. The fourth-order valence-electron chi connectivity index (χ4n) is 4.16. The molecule has 0 radical (unpaired) electrons. The molecule has 1 fully saturated rings. The third-order valence-electron chi connectivity index (χ3n) is 5.52. The maximum atomic E-state index is 12.9. The molecule has 0 N–H and O–H groups in total. The zero-order chi connectivity index (χ0) is 20.4. The van der Waals surface area contributed by atoms with Gasteiger partial charge in [0.1, 0.15) is 5.82 Å². The largest absolute Gasteiger partial charge is 0.373 e. The highest BCUT2D eigenvalue weighted by Gasteiger charge is 2.25. The van der Waals surface area contributed by atoms with Crippen molar-refractivity contribution < 1.29 is 4.74 Å². The second kappa shape index (κ2) is 8.61. The molecular weight excluding hydrogens is 358 g/mol. The van der Waals surface area contributed by atoms with Gasteiger partial charge in [0.15, 0.2) is 11.2 Å². The summed E-state index contributed by atoms with van der Waals surface area (Å²) in [5.74, 6) is 0.853. The highest BCUT2D eigenvalue weighted by Crippen LogP contribution is 2.18. The van der Waals surface area contributed by atoms with Crippen molar-refractivity contribution in [3.8, 4) is 0 Å². The quantitative estimate of drug-likeness (QED) is 0.671. The summed E-state index contributed by atoms with van der Waals surface area (Å²) in [6, 6.07) is 0. The van der Waals surface area contributed by atoms with Crippen molar-refractivity contribution in [1.29, 1.82) is 0 Å². The number of hydrogen-bond acceptors (Lipinski definition) is 5. The first-order valence-corrected chi connectivity index (χ1v) is 10.4. The monoisotopic (exact) mass is 391 g/mol. The van der Waals surface area contributed by atoms with Crippen LogP contribution in [0.5, 0.6) is 0 Å². The minimum atomic E-state index is -0.340. The van der Waals surface area contributed by atoms with E-state index < -0.39 is 0 Å². The number of ether oxygens (including phenoxy) is 1. The van der Waals surface area contributed by atoms with Crippen molar-refractivity contribution in [1.82, 2.24) is 23.6 Å². The molecule has 0 spiro atoms. The van der Waals surface area contributed by atoms with Gasteiger partial charge >= 0.3 is 5.69 Å². The molecule has 2 atom stereocenters. The second-order valence-corrected chi connectivity index (χ2v) is 8.07. The van der Waals surface area contributed by atoms with Crippen LogP contribution >= 0.6 is 0 Å². The molecule has 0 bridgehead atoms.